The summed E-state index contributed by atoms with van der Waals surface area (Å²) < 4.78 is 4.73. The van der Waals surface area contributed by atoms with E-state index in [2.05, 4.69) is 16.0 Å². The predicted molar refractivity (Wildman–Crippen MR) is 123 cm³/mol. The molecule has 3 aromatic carbocycles. The number of ether oxygens (including phenoxy) is 1. The van der Waals surface area contributed by atoms with Gasteiger partial charge in [0.25, 0.3) is 0 Å². The van der Waals surface area contributed by atoms with Crippen molar-refractivity contribution in [2.45, 2.75) is 4.90 Å². The molecule has 0 aliphatic rings. The summed E-state index contributed by atoms with van der Waals surface area (Å²) in [6.07, 6.45) is 0. The van der Waals surface area contributed by atoms with Gasteiger partial charge in [0.2, 0.25) is 5.91 Å². The Balaban J connectivity index is 1.50. The average molecular weight is 436 g/mol. The maximum absolute atomic E-state index is 12.3. The van der Waals surface area contributed by atoms with E-state index in [-0.39, 0.29) is 17.7 Å². The Bertz CT molecular complexity index is 1060. The van der Waals surface area contributed by atoms with E-state index in [9.17, 15) is 14.4 Å². The molecular formula is C23H21N3O4S. The molecule has 0 aliphatic carbocycles. The maximum atomic E-state index is 12.3. The summed E-state index contributed by atoms with van der Waals surface area (Å²) in [5.41, 5.74) is 2.04. The van der Waals surface area contributed by atoms with Gasteiger partial charge in [0, 0.05) is 16.3 Å². The number of amides is 3. The number of hydrogen-bond donors (Lipinski definition) is 3. The lowest BCUT2D eigenvalue weighted by Crippen LogP contribution is -2.19. The molecule has 3 aromatic rings. The monoisotopic (exact) mass is 435 g/mol. The van der Waals surface area contributed by atoms with E-state index >= 15 is 0 Å². The van der Waals surface area contributed by atoms with Crippen LogP contribution in [0.25, 0.3) is 0 Å². The van der Waals surface area contributed by atoms with Gasteiger partial charge in [-0.15, -0.1) is 11.8 Å². The first kappa shape index (κ1) is 21.9. The minimum Gasteiger partial charge on any atom is -0.465 e. The normalized spacial score (nSPS) is 10.1. The zero-order valence-corrected chi connectivity index (χ0v) is 17.6. The van der Waals surface area contributed by atoms with Crippen molar-refractivity contribution in [2.75, 3.05) is 28.8 Å². The Labute approximate surface area is 184 Å². The van der Waals surface area contributed by atoms with Crippen LogP contribution in [-0.2, 0) is 9.53 Å². The quantitative estimate of drug-likeness (QED) is 0.364. The van der Waals surface area contributed by atoms with E-state index in [1.807, 2.05) is 30.3 Å². The number of para-hydroxylation sites is 2. The number of carbonyl (C=O) groups is 3. The van der Waals surface area contributed by atoms with Gasteiger partial charge in [-0.25, -0.2) is 9.59 Å². The van der Waals surface area contributed by atoms with Gasteiger partial charge in [0.05, 0.1) is 24.1 Å². The zero-order valence-electron chi connectivity index (χ0n) is 16.8. The van der Waals surface area contributed by atoms with E-state index in [1.165, 1.54) is 18.9 Å². The minimum absolute atomic E-state index is 0.163. The van der Waals surface area contributed by atoms with Crippen LogP contribution in [0.2, 0.25) is 0 Å². The van der Waals surface area contributed by atoms with Crippen LogP contribution in [0, 0.1) is 0 Å². The molecule has 158 valence electrons. The number of carbonyl (C=O) groups excluding carboxylic acids is 3. The molecule has 0 aliphatic heterocycles. The highest BCUT2D eigenvalue weighted by atomic mass is 32.2. The summed E-state index contributed by atoms with van der Waals surface area (Å²) in [4.78, 5) is 37.0. The van der Waals surface area contributed by atoms with Crippen molar-refractivity contribution in [1.29, 1.82) is 0 Å². The van der Waals surface area contributed by atoms with Gasteiger partial charge < -0.3 is 20.7 Å². The molecule has 0 atom stereocenters. The number of rotatable bonds is 7. The highest BCUT2D eigenvalue weighted by molar-refractivity contribution is 8.00. The Kier molecular flexibility index (Phi) is 7.67. The van der Waals surface area contributed by atoms with Crippen molar-refractivity contribution in [1.82, 2.24) is 0 Å². The molecule has 0 fully saturated rings. The van der Waals surface area contributed by atoms with Gasteiger partial charge in [-0.05, 0) is 48.5 Å². The molecule has 8 heteroatoms. The molecule has 31 heavy (non-hydrogen) atoms. The first-order valence-electron chi connectivity index (χ1n) is 9.38. The molecule has 3 amide bonds. The van der Waals surface area contributed by atoms with Crippen LogP contribution >= 0.6 is 11.8 Å². The van der Waals surface area contributed by atoms with Crippen molar-refractivity contribution in [3.8, 4) is 0 Å². The van der Waals surface area contributed by atoms with Crippen molar-refractivity contribution in [2.24, 2.45) is 0 Å². The fourth-order valence-electron chi connectivity index (χ4n) is 2.66. The van der Waals surface area contributed by atoms with Gasteiger partial charge in [0.15, 0.2) is 0 Å². The van der Waals surface area contributed by atoms with Crippen LogP contribution in [0.15, 0.2) is 83.8 Å². The van der Waals surface area contributed by atoms with Crippen molar-refractivity contribution in [3.63, 3.8) is 0 Å². The van der Waals surface area contributed by atoms with Crippen LogP contribution in [-0.4, -0.2) is 30.8 Å². The van der Waals surface area contributed by atoms with Crippen molar-refractivity contribution in [3.05, 3.63) is 84.4 Å². The number of urea groups is 1. The van der Waals surface area contributed by atoms with E-state index in [1.54, 1.807) is 48.5 Å². The predicted octanol–water partition coefficient (Wildman–Crippen LogP) is 4.85. The van der Waals surface area contributed by atoms with Gasteiger partial charge in [0.1, 0.15) is 0 Å². The lowest BCUT2D eigenvalue weighted by Gasteiger charge is -2.10. The largest absolute Gasteiger partial charge is 0.465 e. The fourth-order valence-corrected chi connectivity index (χ4v) is 3.36. The first-order chi connectivity index (χ1) is 15.0. The summed E-state index contributed by atoms with van der Waals surface area (Å²) in [5, 5.41) is 8.23. The number of anilines is 3. The van der Waals surface area contributed by atoms with Gasteiger partial charge in [-0.1, -0.05) is 30.3 Å². The van der Waals surface area contributed by atoms with E-state index in [4.69, 9.17) is 4.74 Å². The fraction of sp³-hybridized carbons (Fsp3) is 0.0870. The molecule has 3 N–H and O–H groups in total. The topological polar surface area (TPSA) is 96.5 Å². The van der Waals surface area contributed by atoms with Crippen LogP contribution in [0.5, 0.6) is 0 Å². The Morgan fingerprint density at radius 1 is 0.774 bits per heavy atom. The Morgan fingerprint density at radius 3 is 2.06 bits per heavy atom. The second kappa shape index (κ2) is 10.8. The number of nitrogens with one attached hydrogen (secondary N) is 3. The van der Waals surface area contributed by atoms with Crippen LogP contribution in [0.1, 0.15) is 10.4 Å². The third kappa shape index (κ3) is 6.61. The minimum atomic E-state index is -0.511. The molecule has 7 nitrogen and oxygen atoms in total. The number of esters is 1. The molecule has 0 aromatic heterocycles. The Morgan fingerprint density at radius 2 is 1.39 bits per heavy atom. The number of methoxy groups -OCH3 is 1. The summed E-state index contributed by atoms with van der Waals surface area (Å²) in [7, 11) is 1.29. The number of benzene rings is 3. The SMILES string of the molecule is COC(=O)c1ccccc1NC(=O)CSc1ccc(NC(=O)Nc2ccccc2)cc1. The summed E-state index contributed by atoms with van der Waals surface area (Å²) in [5.74, 6) is -0.592. The molecule has 0 saturated carbocycles. The van der Waals surface area contributed by atoms with E-state index in [0.29, 0.717) is 22.6 Å². The molecule has 0 radical (unpaired) electrons. The third-order valence-corrected chi connectivity index (χ3v) is 5.13. The summed E-state index contributed by atoms with van der Waals surface area (Å²) in [6, 6.07) is 22.6. The van der Waals surface area contributed by atoms with Crippen LogP contribution in [0.3, 0.4) is 0 Å². The van der Waals surface area contributed by atoms with Crippen LogP contribution in [0.4, 0.5) is 21.9 Å². The highest BCUT2D eigenvalue weighted by Crippen LogP contribution is 2.22. The zero-order chi connectivity index (χ0) is 22.1. The molecule has 0 spiro atoms. The molecule has 0 bridgehead atoms. The lowest BCUT2D eigenvalue weighted by molar-refractivity contribution is -0.113. The Hall–Kier alpha value is -3.78. The highest BCUT2D eigenvalue weighted by Gasteiger charge is 2.13. The lowest BCUT2D eigenvalue weighted by atomic mass is 10.2. The number of thioether (sulfide) groups is 1. The average Bonchev–Trinajstić information content (AvgIpc) is 2.79. The summed E-state index contributed by atoms with van der Waals surface area (Å²) in [6.45, 7) is 0. The second-order valence-corrected chi connectivity index (χ2v) is 7.39. The standard InChI is InChI=1S/C23H21N3O4S/c1-30-22(28)19-9-5-6-10-20(19)26-21(27)15-31-18-13-11-17(12-14-18)25-23(29)24-16-7-3-2-4-8-16/h2-14H,15H2,1H3,(H,26,27)(H2,24,25,29). The van der Waals surface area contributed by atoms with Crippen LogP contribution < -0.4 is 16.0 Å². The van der Waals surface area contributed by atoms with Crippen molar-refractivity contribution < 1.29 is 19.1 Å². The van der Waals surface area contributed by atoms with Crippen molar-refractivity contribution >= 4 is 46.7 Å². The first-order valence-corrected chi connectivity index (χ1v) is 10.4. The van der Waals surface area contributed by atoms with Gasteiger partial charge in [-0.2, -0.15) is 0 Å². The number of hydrogen-bond acceptors (Lipinski definition) is 5. The molecule has 0 saturated heterocycles. The second-order valence-electron chi connectivity index (χ2n) is 6.34. The maximum Gasteiger partial charge on any atom is 0.339 e. The summed E-state index contributed by atoms with van der Waals surface area (Å²) >= 11 is 1.34. The smallest absolute Gasteiger partial charge is 0.339 e. The molecule has 0 unspecified atom stereocenters. The van der Waals surface area contributed by atoms with Gasteiger partial charge >= 0.3 is 12.0 Å². The molecule has 0 heterocycles. The van der Waals surface area contributed by atoms with Gasteiger partial charge in [-0.3, -0.25) is 4.79 Å². The van der Waals surface area contributed by atoms with E-state index < -0.39 is 5.97 Å². The molecular weight excluding hydrogens is 414 g/mol. The van der Waals surface area contributed by atoms with E-state index in [0.717, 1.165) is 4.90 Å². The third-order valence-electron chi connectivity index (χ3n) is 4.12. The molecule has 3 rings (SSSR count).